The van der Waals surface area contributed by atoms with Gasteiger partial charge in [0, 0.05) is 57.2 Å². The van der Waals surface area contributed by atoms with E-state index in [9.17, 15) is 14.0 Å². The van der Waals surface area contributed by atoms with Gasteiger partial charge in [-0.15, -0.1) is 0 Å². The third-order valence-electron chi connectivity index (χ3n) is 6.60. The summed E-state index contributed by atoms with van der Waals surface area (Å²) in [5, 5.41) is 0. The minimum absolute atomic E-state index is 0.139. The topological polar surface area (TPSA) is 49.9 Å². The first kappa shape index (κ1) is 22.5. The molecule has 0 N–H and O–H groups in total. The number of fused-ring (bicyclic) bond motifs is 1. The molecule has 5 nitrogen and oxygen atoms in total. The maximum absolute atomic E-state index is 13.2. The summed E-state index contributed by atoms with van der Waals surface area (Å²) in [6.07, 6.45) is 3.35. The molecule has 2 aromatic rings. The fraction of sp³-hybridized carbons (Fsp3) is 0.462. The zero-order valence-corrected chi connectivity index (χ0v) is 18.7. The lowest BCUT2D eigenvalue weighted by Gasteiger charge is -2.31. The minimum Gasteiger partial charge on any atom is -0.492 e. The molecule has 1 fully saturated rings. The van der Waals surface area contributed by atoms with Gasteiger partial charge in [0.15, 0.2) is 5.78 Å². The number of ether oxygens (including phenoxy) is 1. The van der Waals surface area contributed by atoms with Crippen molar-refractivity contribution in [2.45, 2.75) is 45.7 Å². The van der Waals surface area contributed by atoms with Crippen LogP contribution in [0.5, 0.6) is 5.75 Å². The first-order valence-electron chi connectivity index (χ1n) is 11.5. The number of halogens is 1. The molecule has 2 aliphatic rings. The number of piperidine rings is 1. The molecule has 32 heavy (non-hydrogen) atoms. The monoisotopic (exact) mass is 438 g/mol. The van der Waals surface area contributed by atoms with Crippen molar-refractivity contribution in [2.75, 3.05) is 26.2 Å². The molecule has 2 aliphatic heterocycles. The van der Waals surface area contributed by atoms with Crippen molar-refractivity contribution >= 4 is 11.7 Å². The van der Waals surface area contributed by atoms with Crippen LogP contribution in [0.2, 0.25) is 0 Å². The lowest BCUT2D eigenvalue weighted by molar-refractivity contribution is -0.130. The van der Waals surface area contributed by atoms with E-state index in [4.69, 9.17) is 4.74 Å². The Balaban J connectivity index is 1.35. The first-order valence-corrected chi connectivity index (χ1v) is 11.5. The first-order chi connectivity index (χ1) is 15.5. The third kappa shape index (κ3) is 5.74. The lowest BCUT2D eigenvalue weighted by Crippen LogP contribution is -2.37. The van der Waals surface area contributed by atoms with Gasteiger partial charge in [-0.3, -0.25) is 14.5 Å². The molecule has 0 aromatic heterocycles. The van der Waals surface area contributed by atoms with Gasteiger partial charge in [-0.05, 0) is 61.1 Å². The molecule has 0 unspecified atom stereocenters. The fourth-order valence-electron chi connectivity index (χ4n) is 4.62. The van der Waals surface area contributed by atoms with Crippen molar-refractivity contribution < 1.29 is 18.7 Å². The highest BCUT2D eigenvalue weighted by atomic mass is 19.1. The molecule has 1 amide bonds. The van der Waals surface area contributed by atoms with Gasteiger partial charge < -0.3 is 9.64 Å². The maximum Gasteiger partial charge on any atom is 0.219 e. The average Bonchev–Trinajstić information content (AvgIpc) is 3.00. The van der Waals surface area contributed by atoms with Crippen molar-refractivity contribution in [3.8, 4) is 5.75 Å². The quantitative estimate of drug-likeness (QED) is 0.626. The van der Waals surface area contributed by atoms with Crippen molar-refractivity contribution in [2.24, 2.45) is 5.92 Å². The molecule has 0 saturated carbocycles. The Morgan fingerprint density at radius 1 is 1.06 bits per heavy atom. The molecule has 0 spiro atoms. The van der Waals surface area contributed by atoms with E-state index < -0.39 is 0 Å². The summed E-state index contributed by atoms with van der Waals surface area (Å²) in [6, 6.07) is 12.3. The van der Waals surface area contributed by atoms with Crippen molar-refractivity contribution in [3.63, 3.8) is 0 Å². The van der Waals surface area contributed by atoms with Gasteiger partial charge >= 0.3 is 0 Å². The average molecular weight is 439 g/mol. The number of nitrogens with zero attached hydrogens (tertiary/aromatic N) is 2. The number of hydrogen-bond donors (Lipinski definition) is 0. The van der Waals surface area contributed by atoms with E-state index in [1.165, 1.54) is 12.1 Å². The number of ketones is 1. The molecule has 0 atom stereocenters. The Labute approximate surface area is 189 Å². The summed E-state index contributed by atoms with van der Waals surface area (Å²) in [5.41, 5.74) is 2.81. The Hall–Kier alpha value is -2.73. The normalized spacial score (nSPS) is 17.4. The molecular formula is C26H31FN2O3. The predicted octanol–water partition coefficient (Wildman–Crippen LogP) is 4.44. The van der Waals surface area contributed by atoms with Gasteiger partial charge in [0.1, 0.15) is 18.2 Å². The van der Waals surface area contributed by atoms with E-state index in [0.29, 0.717) is 32.0 Å². The summed E-state index contributed by atoms with van der Waals surface area (Å²) < 4.78 is 19.1. The van der Waals surface area contributed by atoms with Gasteiger partial charge in [0.05, 0.1) is 0 Å². The highest BCUT2D eigenvalue weighted by Gasteiger charge is 2.22. The van der Waals surface area contributed by atoms with E-state index in [1.54, 1.807) is 6.92 Å². The van der Waals surface area contributed by atoms with Crippen LogP contribution in [0.1, 0.15) is 54.1 Å². The zero-order chi connectivity index (χ0) is 22.5. The van der Waals surface area contributed by atoms with Crippen LogP contribution in [0.15, 0.2) is 42.5 Å². The molecule has 1 saturated heterocycles. The number of likely N-dealkylation sites (tertiary alicyclic amines) is 1. The lowest BCUT2D eigenvalue weighted by atomic mass is 9.90. The molecule has 6 heteroatoms. The highest BCUT2D eigenvalue weighted by molar-refractivity contribution is 5.96. The van der Waals surface area contributed by atoms with Gasteiger partial charge in [0.25, 0.3) is 0 Å². The second kappa shape index (κ2) is 10.3. The fourth-order valence-corrected chi connectivity index (χ4v) is 4.62. The van der Waals surface area contributed by atoms with Crippen LogP contribution >= 0.6 is 0 Å². The largest absolute Gasteiger partial charge is 0.492 e. The summed E-state index contributed by atoms with van der Waals surface area (Å²) in [7, 11) is 0. The molecule has 4 rings (SSSR count). The van der Waals surface area contributed by atoms with Crippen molar-refractivity contribution in [1.82, 2.24) is 9.80 Å². The van der Waals surface area contributed by atoms with Crippen LogP contribution in [-0.4, -0.2) is 47.7 Å². The standard InChI is InChI=1S/C26H31FN2O3/c1-19(30)29-12-10-20(11-13-29)4-8-25(31)22-5-9-26-23(16-22)18-28(14-15-32-26)17-21-2-6-24(27)7-3-21/h2-3,5-7,9,16,20H,4,8,10-15,17-18H2,1H3. The number of carbonyl (C=O) groups excluding carboxylic acids is 2. The smallest absolute Gasteiger partial charge is 0.219 e. The number of carbonyl (C=O) groups is 2. The second-order valence-electron chi connectivity index (χ2n) is 8.92. The number of benzene rings is 2. The summed E-state index contributed by atoms with van der Waals surface area (Å²) in [4.78, 5) is 28.5. The number of hydrogen-bond acceptors (Lipinski definition) is 4. The van der Waals surface area contributed by atoms with Crippen LogP contribution in [0.25, 0.3) is 0 Å². The molecule has 0 radical (unpaired) electrons. The van der Waals surface area contributed by atoms with Crippen LogP contribution < -0.4 is 4.74 Å². The van der Waals surface area contributed by atoms with Gasteiger partial charge in [-0.25, -0.2) is 4.39 Å². The summed E-state index contributed by atoms with van der Waals surface area (Å²) in [6.45, 7) is 5.97. The Kier molecular flexibility index (Phi) is 7.20. The van der Waals surface area contributed by atoms with Crippen LogP contribution in [-0.2, 0) is 17.9 Å². The number of amides is 1. The maximum atomic E-state index is 13.2. The molecule has 0 bridgehead atoms. The van der Waals surface area contributed by atoms with Gasteiger partial charge in [-0.2, -0.15) is 0 Å². The van der Waals surface area contributed by atoms with Crippen LogP contribution in [0, 0.1) is 11.7 Å². The molecule has 0 aliphatic carbocycles. The zero-order valence-electron chi connectivity index (χ0n) is 18.7. The van der Waals surface area contributed by atoms with E-state index in [2.05, 4.69) is 4.90 Å². The Morgan fingerprint density at radius 2 is 1.81 bits per heavy atom. The minimum atomic E-state index is -0.231. The van der Waals surface area contributed by atoms with E-state index in [0.717, 1.165) is 61.3 Å². The number of rotatable bonds is 6. The molecule has 2 heterocycles. The number of Topliss-reactive ketones (excluding diaryl/α,β-unsaturated/α-hetero) is 1. The van der Waals surface area contributed by atoms with Crippen molar-refractivity contribution in [3.05, 3.63) is 65.0 Å². The third-order valence-corrected chi connectivity index (χ3v) is 6.60. The van der Waals surface area contributed by atoms with Gasteiger partial charge in [-0.1, -0.05) is 12.1 Å². The van der Waals surface area contributed by atoms with Crippen molar-refractivity contribution in [1.29, 1.82) is 0 Å². The Bertz CT molecular complexity index is 952. The second-order valence-corrected chi connectivity index (χ2v) is 8.92. The molecule has 170 valence electrons. The van der Waals surface area contributed by atoms with E-state index in [1.807, 2.05) is 35.2 Å². The SMILES string of the molecule is CC(=O)N1CCC(CCC(=O)c2ccc3c(c2)CN(Cc2ccc(F)cc2)CCO3)CC1. The van der Waals surface area contributed by atoms with E-state index in [-0.39, 0.29) is 17.5 Å². The summed E-state index contributed by atoms with van der Waals surface area (Å²) >= 11 is 0. The summed E-state index contributed by atoms with van der Waals surface area (Å²) in [5.74, 6) is 1.41. The molecular weight excluding hydrogens is 407 g/mol. The van der Waals surface area contributed by atoms with Crippen LogP contribution in [0.3, 0.4) is 0 Å². The van der Waals surface area contributed by atoms with Crippen LogP contribution in [0.4, 0.5) is 4.39 Å². The van der Waals surface area contributed by atoms with Gasteiger partial charge in [0.2, 0.25) is 5.91 Å². The molecule has 2 aromatic carbocycles. The highest BCUT2D eigenvalue weighted by Crippen LogP contribution is 2.27. The predicted molar refractivity (Wildman–Crippen MR) is 121 cm³/mol. The van der Waals surface area contributed by atoms with E-state index >= 15 is 0 Å². The Morgan fingerprint density at radius 3 is 2.53 bits per heavy atom.